The number of aryl methyl sites for hydroxylation is 1. The summed E-state index contributed by atoms with van der Waals surface area (Å²) in [5.74, 6) is -0.325. The first kappa shape index (κ1) is 18.1. The Labute approximate surface area is 154 Å². The van der Waals surface area contributed by atoms with Crippen molar-refractivity contribution in [3.8, 4) is 0 Å². The first-order chi connectivity index (χ1) is 11.9. The second-order valence-electron chi connectivity index (χ2n) is 5.55. The molecule has 134 valence electrons. The van der Waals surface area contributed by atoms with Crippen molar-refractivity contribution in [2.75, 3.05) is 31.6 Å². The molecule has 2 heterocycles. The SMILES string of the molecule is Cc1ccc(NC(=O)c2ccc(Br)o2)cc1S(=O)(=O)N1CCOCC1. The highest BCUT2D eigenvalue weighted by molar-refractivity contribution is 9.10. The second kappa shape index (κ2) is 7.28. The molecule has 0 saturated carbocycles. The molecular formula is C16H17BrN2O5S. The minimum atomic E-state index is -3.64. The van der Waals surface area contributed by atoms with E-state index in [1.807, 2.05) is 0 Å². The molecule has 0 unspecified atom stereocenters. The normalized spacial score (nSPS) is 15.9. The molecule has 0 aliphatic carbocycles. The van der Waals surface area contributed by atoms with E-state index in [4.69, 9.17) is 9.15 Å². The number of hydrogen-bond acceptors (Lipinski definition) is 5. The van der Waals surface area contributed by atoms with Crippen molar-refractivity contribution >= 4 is 37.5 Å². The van der Waals surface area contributed by atoms with Crippen molar-refractivity contribution in [3.05, 3.63) is 46.3 Å². The highest BCUT2D eigenvalue weighted by Gasteiger charge is 2.28. The van der Waals surface area contributed by atoms with E-state index in [1.165, 1.54) is 16.4 Å². The van der Waals surface area contributed by atoms with Gasteiger partial charge in [-0.2, -0.15) is 4.31 Å². The fourth-order valence-corrected chi connectivity index (χ4v) is 4.48. The number of carbonyl (C=O) groups excluding carboxylic acids is 1. The van der Waals surface area contributed by atoms with E-state index in [1.54, 1.807) is 25.1 Å². The number of furan rings is 1. The van der Waals surface area contributed by atoms with E-state index in [-0.39, 0.29) is 10.7 Å². The van der Waals surface area contributed by atoms with Crippen LogP contribution in [0.15, 0.2) is 44.3 Å². The number of amides is 1. The number of carbonyl (C=O) groups is 1. The smallest absolute Gasteiger partial charge is 0.291 e. The summed E-state index contributed by atoms with van der Waals surface area (Å²) in [6, 6.07) is 7.93. The molecule has 1 saturated heterocycles. The van der Waals surface area contributed by atoms with Gasteiger partial charge in [-0.25, -0.2) is 8.42 Å². The van der Waals surface area contributed by atoms with Gasteiger partial charge in [-0.05, 0) is 52.7 Å². The van der Waals surface area contributed by atoms with Crippen LogP contribution in [0, 0.1) is 6.92 Å². The highest BCUT2D eigenvalue weighted by atomic mass is 79.9. The van der Waals surface area contributed by atoms with Crippen molar-refractivity contribution in [3.63, 3.8) is 0 Å². The molecule has 25 heavy (non-hydrogen) atoms. The predicted octanol–water partition coefficient (Wildman–Crippen LogP) is 2.62. The Balaban J connectivity index is 1.86. The Bertz CT molecular complexity index is 888. The lowest BCUT2D eigenvalue weighted by molar-refractivity contribution is 0.0730. The fraction of sp³-hybridized carbons (Fsp3) is 0.312. The molecule has 1 amide bonds. The van der Waals surface area contributed by atoms with E-state index < -0.39 is 15.9 Å². The van der Waals surface area contributed by atoms with Crippen LogP contribution in [-0.4, -0.2) is 44.9 Å². The third kappa shape index (κ3) is 3.95. The predicted molar refractivity (Wildman–Crippen MR) is 95.1 cm³/mol. The summed E-state index contributed by atoms with van der Waals surface area (Å²) in [7, 11) is -3.64. The molecule has 1 N–H and O–H groups in total. The minimum Gasteiger partial charge on any atom is -0.444 e. The van der Waals surface area contributed by atoms with Gasteiger partial charge in [-0.1, -0.05) is 6.07 Å². The molecule has 9 heteroatoms. The van der Waals surface area contributed by atoms with E-state index >= 15 is 0 Å². The zero-order valence-corrected chi connectivity index (χ0v) is 15.9. The number of halogens is 1. The molecule has 0 bridgehead atoms. The molecule has 0 atom stereocenters. The lowest BCUT2D eigenvalue weighted by Gasteiger charge is -2.26. The largest absolute Gasteiger partial charge is 0.444 e. The van der Waals surface area contributed by atoms with E-state index in [2.05, 4.69) is 21.2 Å². The number of benzene rings is 1. The van der Waals surface area contributed by atoms with Crippen LogP contribution in [0.5, 0.6) is 0 Å². The topological polar surface area (TPSA) is 88.8 Å². The zero-order valence-electron chi connectivity index (χ0n) is 13.5. The summed E-state index contributed by atoms with van der Waals surface area (Å²) in [5, 5.41) is 2.65. The summed E-state index contributed by atoms with van der Waals surface area (Å²) < 4.78 is 38.0. The van der Waals surface area contributed by atoms with Crippen LogP contribution in [0.25, 0.3) is 0 Å². The Morgan fingerprint density at radius 2 is 1.92 bits per heavy atom. The monoisotopic (exact) mass is 428 g/mol. The number of nitrogens with zero attached hydrogens (tertiary/aromatic N) is 1. The highest BCUT2D eigenvalue weighted by Crippen LogP contribution is 2.25. The standard InChI is InChI=1S/C16H17BrN2O5S/c1-11-2-3-12(18-16(20)13-4-5-15(17)24-13)10-14(11)25(21,22)19-6-8-23-9-7-19/h2-5,10H,6-9H2,1H3,(H,18,20). The molecule has 1 aromatic heterocycles. The van der Waals surface area contributed by atoms with Crippen molar-refractivity contribution < 1.29 is 22.4 Å². The number of rotatable bonds is 4. The van der Waals surface area contributed by atoms with Crippen molar-refractivity contribution in [1.82, 2.24) is 4.31 Å². The lowest BCUT2D eigenvalue weighted by atomic mass is 10.2. The second-order valence-corrected chi connectivity index (χ2v) is 8.24. The number of morpholine rings is 1. The summed E-state index contributed by atoms with van der Waals surface area (Å²) in [5.41, 5.74) is 1.00. The quantitative estimate of drug-likeness (QED) is 0.808. The van der Waals surface area contributed by atoms with Crippen LogP contribution in [0.4, 0.5) is 5.69 Å². The average Bonchev–Trinajstić information content (AvgIpc) is 3.04. The van der Waals surface area contributed by atoms with Crippen LogP contribution in [0.1, 0.15) is 16.1 Å². The summed E-state index contributed by atoms with van der Waals surface area (Å²) in [6.07, 6.45) is 0. The Morgan fingerprint density at radius 3 is 2.56 bits per heavy atom. The van der Waals surface area contributed by atoms with E-state index in [0.717, 1.165) is 0 Å². The van der Waals surface area contributed by atoms with E-state index in [0.29, 0.717) is 42.2 Å². The maximum absolute atomic E-state index is 12.9. The van der Waals surface area contributed by atoms with Gasteiger partial charge in [0.2, 0.25) is 10.0 Å². The third-order valence-electron chi connectivity index (χ3n) is 3.83. The summed E-state index contributed by atoms with van der Waals surface area (Å²) >= 11 is 3.14. The molecule has 3 rings (SSSR count). The first-order valence-electron chi connectivity index (χ1n) is 7.63. The molecule has 0 spiro atoms. The Hall–Kier alpha value is -1.68. The molecule has 1 aliphatic heterocycles. The fourth-order valence-electron chi connectivity index (χ4n) is 2.51. The first-order valence-corrected chi connectivity index (χ1v) is 9.86. The number of sulfonamides is 1. The average molecular weight is 429 g/mol. The van der Waals surface area contributed by atoms with Gasteiger partial charge in [-0.3, -0.25) is 4.79 Å². The van der Waals surface area contributed by atoms with Gasteiger partial charge < -0.3 is 14.5 Å². The molecule has 0 radical (unpaired) electrons. The molecule has 1 aliphatic rings. The molecule has 2 aromatic rings. The van der Waals surface area contributed by atoms with E-state index in [9.17, 15) is 13.2 Å². The Kier molecular flexibility index (Phi) is 5.28. The van der Waals surface area contributed by atoms with Crippen molar-refractivity contribution in [2.45, 2.75) is 11.8 Å². The van der Waals surface area contributed by atoms with Crippen LogP contribution in [-0.2, 0) is 14.8 Å². The lowest BCUT2D eigenvalue weighted by Crippen LogP contribution is -2.40. The minimum absolute atomic E-state index is 0.130. The van der Waals surface area contributed by atoms with Crippen molar-refractivity contribution in [2.24, 2.45) is 0 Å². The van der Waals surface area contributed by atoms with Crippen molar-refractivity contribution in [1.29, 1.82) is 0 Å². The van der Waals surface area contributed by atoms with Gasteiger partial charge >= 0.3 is 0 Å². The molecule has 1 aromatic carbocycles. The number of hydrogen-bond donors (Lipinski definition) is 1. The van der Waals surface area contributed by atoms with Gasteiger partial charge in [0, 0.05) is 18.8 Å². The van der Waals surface area contributed by atoms with Crippen LogP contribution in [0.2, 0.25) is 0 Å². The summed E-state index contributed by atoms with van der Waals surface area (Å²) in [6.45, 7) is 3.12. The van der Waals surface area contributed by atoms with Gasteiger partial charge in [0.15, 0.2) is 10.4 Å². The van der Waals surface area contributed by atoms with Gasteiger partial charge in [-0.15, -0.1) is 0 Å². The zero-order chi connectivity index (χ0) is 18.0. The third-order valence-corrected chi connectivity index (χ3v) is 6.30. The number of ether oxygens (including phenoxy) is 1. The van der Waals surface area contributed by atoms with Crippen LogP contribution in [0.3, 0.4) is 0 Å². The maximum Gasteiger partial charge on any atom is 0.291 e. The number of anilines is 1. The van der Waals surface area contributed by atoms with Gasteiger partial charge in [0.1, 0.15) is 0 Å². The van der Waals surface area contributed by atoms with Crippen LogP contribution < -0.4 is 5.32 Å². The van der Waals surface area contributed by atoms with Gasteiger partial charge in [0.25, 0.3) is 5.91 Å². The Morgan fingerprint density at radius 1 is 1.20 bits per heavy atom. The summed E-state index contributed by atoms with van der Waals surface area (Å²) in [4.78, 5) is 12.3. The number of nitrogens with one attached hydrogen (secondary N) is 1. The van der Waals surface area contributed by atoms with Gasteiger partial charge in [0.05, 0.1) is 18.1 Å². The maximum atomic E-state index is 12.9. The molecular weight excluding hydrogens is 412 g/mol. The van der Waals surface area contributed by atoms with Crippen LogP contribution >= 0.6 is 15.9 Å². The molecule has 1 fully saturated rings. The molecule has 7 nitrogen and oxygen atoms in total.